The number of halogens is 2. The van der Waals surface area contributed by atoms with Gasteiger partial charge in [-0.25, -0.2) is 12.8 Å². The molecule has 114 valence electrons. The summed E-state index contributed by atoms with van der Waals surface area (Å²) in [4.78, 5) is -0.465. The van der Waals surface area contributed by atoms with E-state index >= 15 is 0 Å². The molecule has 1 aromatic rings. The van der Waals surface area contributed by atoms with Crippen molar-refractivity contribution >= 4 is 27.3 Å². The van der Waals surface area contributed by atoms with Crippen molar-refractivity contribution in [3.05, 3.63) is 23.0 Å². The molecule has 1 unspecified atom stereocenters. The SMILES string of the molecule is CCC(C)CN(CC)S(=O)(=O)c1cc(N)cc(Cl)c1F. The Morgan fingerprint density at radius 2 is 2.00 bits per heavy atom. The molecule has 0 heterocycles. The molecular formula is C13H20ClFN2O2S. The molecule has 7 heteroatoms. The summed E-state index contributed by atoms with van der Waals surface area (Å²) in [6.45, 7) is 6.23. The summed E-state index contributed by atoms with van der Waals surface area (Å²) in [6.07, 6.45) is 0.839. The lowest BCUT2D eigenvalue weighted by Crippen LogP contribution is -2.35. The van der Waals surface area contributed by atoms with Crippen molar-refractivity contribution in [3.8, 4) is 0 Å². The van der Waals surface area contributed by atoms with Crippen molar-refractivity contribution in [3.63, 3.8) is 0 Å². The molecule has 0 saturated heterocycles. The predicted octanol–water partition coefficient (Wildman–Crippen LogP) is 3.12. The summed E-state index contributed by atoms with van der Waals surface area (Å²) in [5, 5.41) is -0.289. The first kappa shape index (κ1) is 17.2. The fourth-order valence-electron chi connectivity index (χ4n) is 1.78. The van der Waals surface area contributed by atoms with Crippen LogP contribution in [0.4, 0.5) is 10.1 Å². The Bertz CT molecular complexity index is 578. The maximum Gasteiger partial charge on any atom is 0.246 e. The topological polar surface area (TPSA) is 63.4 Å². The highest BCUT2D eigenvalue weighted by molar-refractivity contribution is 7.89. The lowest BCUT2D eigenvalue weighted by atomic mass is 10.1. The van der Waals surface area contributed by atoms with E-state index < -0.39 is 20.7 Å². The van der Waals surface area contributed by atoms with Crippen molar-refractivity contribution < 1.29 is 12.8 Å². The minimum atomic E-state index is -3.94. The second kappa shape index (κ2) is 6.74. The molecule has 2 N–H and O–H groups in total. The van der Waals surface area contributed by atoms with E-state index in [1.807, 2.05) is 13.8 Å². The molecule has 0 amide bonds. The van der Waals surface area contributed by atoms with Crippen LogP contribution in [0.1, 0.15) is 27.2 Å². The normalized spacial score (nSPS) is 13.7. The van der Waals surface area contributed by atoms with Crippen LogP contribution in [0.3, 0.4) is 0 Å². The minimum Gasteiger partial charge on any atom is -0.399 e. The van der Waals surface area contributed by atoms with Gasteiger partial charge in [-0.2, -0.15) is 4.31 Å². The van der Waals surface area contributed by atoms with Crippen LogP contribution in [0, 0.1) is 11.7 Å². The van der Waals surface area contributed by atoms with Gasteiger partial charge in [0.2, 0.25) is 10.0 Å². The van der Waals surface area contributed by atoms with Gasteiger partial charge in [-0.1, -0.05) is 38.8 Å². The number of rotatable bonds is 6. The Morgan fingerprint density at radius 3 is 2.50 bits per heavy atom. The van der Waals surface area contributed by atoms with Gasteiger partial charge >= 0.3 is 0 Å². The average Bonchev–Trinajstić information content (AvgIpc) is 2.39. The van der Waals surface area contributed by atoms with Gasteiger partial charge in [-0.3, -0.25) is 0 Å². The monoisotopic (exact) mass is 322 g/mol. The molecule has 0 radical (unpaired) electrons. The maximum atomic E-state index is 14.0. The van der Waals surface area contributed by atoms with Crippen LogP contribution in [-0.4, -0.2) is 25.8 Å². The van der Waals surface area contributed by atoms with Crippen molar-refractivity contribution in [2.45, 2.75) is 32.1 Å². The molecule has 0 fully saturated rings. The molecule has 0 aromatic heterocycles. The third-order valence-electron chi connectivity index (χ3n) is 3.20. The molecule has 0 aliphatic heterocycles. The molecule has 1 aromatic carbocycles. The number of benzene rings is 1. The second-order valence-electron chi connectivity index (χ2n) is 4.78. The molecule has 20 heavy (non-hydrogen) atoms. The van der Waals surface area contributed by atoms with Crippen LogP contribution in [-0.2, 0) is 10.0 Å². The highest BCUT2D eigenvalue weighted by atomic mass is 35.5. The Kier molecular flexibility index (Phi) is 5.79. The molecule has 0 aliphatic carbocycles. The number of hydrogen-bond donors (Lipinski definition) is 1. The number of hydrogen-bond acceptors (Lipinski definition) is 3. The smallest absolute Gasteiger partial charge is 0.246 e. The first-order valence-corrected chi connectivity index (χ1v) is 8.30. The fourth-order valence-corrected chi connectivity index (χ4v) is 3.76. The van der Waals surface area contributed by atoms with Crippen molar-refractivity contribution in [1.82, 2.24) is 4.31 Å². The second-order valence-corrected chi connectivity index (χ2v) is 7.10. The summed E-state index contributed by atoms with van der Waals surface area (Å²) >= 11 is 5.67. The zero-order valence-corrected chi connectivity index (χ0v) is 13.4. The first-order chi connectivity index (χ1) is 9.23. The molecule has 1 atom stereocenters. The standard InChI is InChI=1S/C13H20ClFN2O2S/c1-4-9(3)8-17(5-2)20(18,19)12-7-10(16)6-11(14)13(12)15/h6-7,9H,4-5,8,16H2,1-3H3. The van der Waals surface area contributed by atoms with E-state index in [1.54, 1.807) is 6.92 Å². The third-order valence-corrected chi connectivity index (χ3v) is 5.41. The lowest BCUT2D eigenvalue weighted by molar-refractivity contribution is 0.360. The van der Waals surface area contributed by atoms with E-state index in [1.165, 1.54) is 10.4 Å². The van der Waals surface area contributed by atoms with E-state index in [9.17, 15) is 12.8 Å². The highest BCUT2D eigenvalue weighted by Gasteiger charge is 2.28. The zero-order chi connectivity index (χ0) is 15.5. The van der Waals surface area contributed by atoms with Crippen molar-refractivity contribution in [2.24, 2.45) is 5.92 Å². The highest BCUT2D eigenvalue weighted by Crippen LogP contribution is 2.28. The summed E-state index contributed by atoms with van der Waals surface area (Å²) in [5.41, 5.74) is 5.68. The number of sulfonamides is 1. The molecule has 0 bridgehead atoms. The number of nitrogen functional groups attached to an aromatic ring is 1. The van der Waals surface area contributed by atoms with Crippen LogP contribution < -0.4 is 5.73 Å². The lowest BCUT2D eigenvalue weighted by Gasteiger charge is -2.24. The molecule has 1 rings (SSSR count). The molecule has 0 spiro atoms. The van der Waals surface area contributed by atoms with Gasteiger partial charge < -0.3 is 5.73 Å². The summed E-state index contributed by atoms with van der Waals surface area (Å²) in [6, 6.07) is 2.30. The van der Waals surface area contributed by atoms with Crippen molar-refractivity contribution in [1.29, 1.82) is 0 Å². The summed E-state index contributed by atoms with van der Waals surface area (Å²) in [7, 11) is -3.94. The van der Waals surface area contributed by atoms with Gasteiger partial charge in [0.1, 0.15) is 4.90 Å². The average molecular weight is 323 g/mol. The van der Waals surface area contributed by atoms with E-state index in [-0.39, 0.29) is 23.2 Å². The zero-order valence-electron chi connectivity index (χ0n) is 11.9. The number of nitrogens with two attached hydrogens (primary N) is 1. The Morgan fingerprint density at radius 1 is 1.40 bits per heavy atom. The van der Waals surface area contributed by atoms with Crippen LogP contribution in [0.25, 0.3) is 0 Å². The first-order valence-electron chi connectivity index (χ1n) is 6.48. The Labute approximate surface area is 124 Å². The Hall–Kier alpha value is -0.850. The number of nitrogens with zero attached hydrogens (tertiary/aromatic N) is 1. The van der Waals surface area contributed by atoms with Gasteiger partial charge in [-0.05, 0) is 18.1 Å². The predicted molar refractivity (Wildman–Crippen MR) is 79.7 cm³/mol. The van der Waals surface area contributed by atoms with Gasteiger partial charge in [-0.15, -0.1) is 0 Å². The fraction of sp³-hybridized carbons (Fsp3) is 0.538. The van der Waals surface area contributed by atoms with E-state index in [4.69, 9.17) is 17.3 Å². The largest absolute Gasteiger partial charge is 0.399 e. The number of anilines is 1. The van der Waals surface area contributed by atoms with Crippen LogP contribution in [0.15, 0.2) is 17.0 Å². The van der Waals surface area contributed by atoms with E-state index in [2.05, 4.69) is 0 Å². The molecular weight excluding hydrogens is 303 g/mol. The molecule has 0 aliphatic rings. The van der Waals surface area contributed by atoms with Crippen LogP contribution in [0.5, 0.6) is 0 Å². The van der Waals surface area contributed by atoms with E-state index in [0.717, 1.165) is 12.5 Å². The summed E-state index contributed by atoms with van der Waals surface area (Å²) in [5.74, 6) is -0.771. The van der Waals surface area contributed by atoms with Crippen LogP contribution in [0.2, 0.25) is 5.02 Å². The van der Waals surface area contributed by atoms with Gasteiger partial charge in [0.05, 0.1) is 5.02 Å². The summed E-state index contributed by atoms with van der Waals surface area (Å²) < 4.78 is 40.3. The van der Waals surface area contributed by atoms with Gasteiger partial charge in [0.25, 0.3) is 0 Å². The van der Waals surface area contributed by atoms with Gasteiger partial charge in [0, 0.05) is 18.8 Å². The van der Waals surface area contributed by atoms with Crippen LogP contribution >= 0.6 is 11.6 Å². The van der Waals surface area contributed by atoms with Crippen molar-refractivity contribution in [2.75, 3.05) is 18.8 Å². The van der Waals surface area contributed by atoms with Gasteiger partial charge in [0.15, 0.2) is 5.82 Å². The molecule has 0 saturated carbocycles. The quantitative estimate of drug-likeness (QED) is 0.818. The third kappa shape index (κ3) is 3.62. The maximum absolute atomic E-state index is 14.0. The minimum absolute atomic E-state index is 0.120. The molecule has 4 nitrogen and oxygen atoms in total. The Balaban J connectivity index is 3.27. The van der Waals surface area contributed by atoms with E-state index in [0.29, 0.717) is 6.54 Å².